The molecular weight excluding hydrogens is 1460 g/mol. The molecule has 0 bridgehead atoms. The predicted octanol–water partition coefficient (Wildman–Crippen LogP) is 0.518. The minimum Gasteiger partial charge on any atom is -0.477 e. The molecule has 28 atom stereocenters. The number of carboxylic acid groups (broad SMARTS) is 1. The van der Waals surface area contributed by atoms with Crippen LogP contribution in [-0.2, 0) is 66.5 Å². The zero-order valence-electron chi connectivity index (χ0n) is 65.6. The van der Waals surface area contributed by atoms with Crippen molar-refractivity contribution < 1.29 is 153 Å². The van der Waals surface area contributed by atoms with Crippen molar-refractivity contribution in [3.63, 3.8) is 0 Å². The molecule has 0 saturated carbocycles. The topological polar surface area (TPSA) is 541 Å². The predicted molar refractivity (Wildman–Crippen MR) is 397 cm³/mol. The summed E-state index contributed by atoms with van der Waals surface area (Å²) in [6.07, 6.45) is -8.84. The van der Waals surface area contributed by atoms with Gasteiger partial charge in [-0.05, 0) is 19.3 Å². The number of aliphatic hydroxyl groups is 16. The summed E-state index contributed by atoms with van der Waals surface area (Å²) in [5.41, 5.74) is 0. The van der Waals surface area contributed by atoms with E-state index in [0.29, 0.717) is 12.8 Å². The molecule has 5 rings (SSSR count). The van der Waals surface area contributed by atoms with E-state index in [9.17, 15) is 106 Å². The van der Waals surface area contributed by atoms with E-state index in [1.165, 1.54) is 135 Å². The smallest absolute Gasteiger partial charge is 0.364 e. The molecule has 648 valence electrons. The van der Waals surface area contributed by atoms with Crippen molar-refractivity contribution in [2.45, 2.75) is 411 Å². The SMILES string of the molecule is CCCCCCCCCCCCC/C=C/[C@@H](O)[C@H](CO[C@@H]1OC(CO)[C@@H](O[C@@H]2OC(CO)[C@H](O[C@@H]3OC(CO)[C@H](O)[C@H](O[C@@H]4OC(CO)[C@H](O)[C@H](O[C@]5(C(=O)O)CC(O)[C@@H](NC(C)=O)C([C@H](O)[C@H](O)CO)O5)C4NC(C)=O)C3O)[C@H](O)C2O)[C@H](O)C1O)NC(=O)CCCCCCCCCCCCCCCCCCCCC. The molecule has 20 N–H and O–H groups in total. The lowest BCUT2D eigenvalue weighted by Gasteiger charge is -2.52. The van der Waals surface area contributed by atoms with Gasteiger partial charge in [0.15, 0.2) is 25.2 Å². The molecule has 0 aromatic rings. The Morgan fingerprint density at radius 2 is 0.865 bits per heavy atom. The molecule has 5 saturated heterocycles. The molecule has 0 aromatic carbocycles. The van der Waals surface area contributed by atoms with Crippen LogP contribution in [0.4, 0.5) is 0 Å². The number of carbonyl (C=O) groups excluding carboxylic acids is 3. The number of carboxylic acids is 1. The molecule has 0 aliphatic carbocycles. The summed E-state index contributed by atoms with van der Waals surface area (Å²) in [5, 5.41) is 196. The van der Waals surface area contributed by atoms with Crippen LogP contribution in [0.5, 0.6) is 0 Å². The van der Waals surface area contributed by atoms with Gasteiger partial charge in [0.05, 0.1) is 63.9 Å². The molecule has 34 heteroatoms. The number of amides is 3. The lowest BCUT2D eigenvalue weighted by atomic mass is 9.88. The first-order valence-electron chi connectivity index (χ1n) is 41.1. The molecule has 34 nitrogen and oxygen atoms in total. The number of unbranched alkanes of at least 4 members (excludes halogenated alkanes) is 29. The van der Waals surface area contributed by atoms with Crippen molar-refractivity contribution in [3.05, 3.63) is 12.2 Å². The van der Waals surface area contributed by atoms with Gasteiger partial charge in [-0.3, -0.25) is 14.4 Å². The van der Waals surface area contributed by atoms with Crippen LogP contribution in [0.1, 0.15) is 240 Å². The monoisotopic (exact) mass is 1600 g/mol. The summed E-state index contributed by atoms with van der Waals surface area (Å²) in [5.74, 6) is -7.38. The van der Waals surface area contributed by atoms with Gasteiger partial charge in [-0.25, -0.2) is 4.79 Å². The van der Waals surface area contributed by atoms with E-state index >= 15 is 0 Å². The van der Waals surface area contributed by atoms with Gasteiger partial charge in [0.25, 0.3) is 5.79 Å². The number of nitrogens with one attached hydrogen (secondary N) is 3. The average molecular weight is 1600 g/mol. The van der Waals surface area contributed by atoms with E-state index in [-0.39, 0.29) is 12.3 Å². The first-order chi connectivity index (χ1) is 53.3. The highest BCUT2D eigenvalue weighted by atomic mass is 16.8. The molecule has 5 aliphatic heterocycles. The molecule has 10 unspecified atom stereocenters. The first-order valence-corrected chi connectivity index (χ1v) is 41.1. The number of rotatable bonds is 56. The summed E-state index contributed by atoms with van der Waals surface area (Å²) in [6, 6.07) is -4.72. The fourth-order valence-electron chi connectivity index (χ4n) is 15.0. The standard InChI is InChI=1S/C77H139N3O31/c1-5-7-9-11-13-15-17-19-20-21-22-23-24-26-28-30-32-34-36-38-56(91)80-48(49(88)37-35-33-31-29-27-25-18-16-14-12-10-8-6-2)45-102-73-64(97)62(95)67(54(43-84)105-73)107-74-65(98)63(96)68(55(44-85)106-74)108-75-66(99)71(61(94)53(42-83)104-75)109-72-58(79-47(4)87)70(60(93)52(41-82)103-72)111-77(76(100)101)39-50(89)57(78-46(3)86)69(110-77)59(92)51(90)40-81/h35,37,48-55,57-75,81-85,88-90,92-99H,5-34,36,38-45H2,1-4H3,(H,78,86)(H,79,87)(H,80,91)(H,100,101)/b37-35+/t48-,49+,50?,51+,52?,53?,54?,55?,57+,58?,59+,60-,61-,62+,63+,64?,65?,66?,67+,68-,69?,70+,71-,72-,73+,74-,75-,77-/m0/s1. The van der Waals surface area contributed by atoms with Crippen LogP contribution in [0, 0.1) is 0 Å². The van der Waals surface area contributed by atoms with Crippen LogP contribution in [0.15, 0.2) is 12.2 Å². The molecule has 5 aliphatic rings. The van der Waals surface area contributed by atoms with E-state index in [0.717, 1.165) is 65.2 Å². The van der Waals surface area contributed by atoms with E-state index in [4.69, 9.17) is 47.4 Å². The third-order valence-electron chi connectivity index (χ3n) is 21.6. The van der Waals surface area contributed by atoms with Crippen molar-refractivity contribution in [2.24, 2.45) is 0 Å². The summed E-state index contributed by atoms with van der Waals surface area (Å²) < 4.78 is 58.9. The van der Waals surface area contributed by atoms with Gasteiger partial charge in [-0.2, -0.15) is 0 Å². The van der Waals surface area contributed by atoms with Crippen LogP contribution in [0.2, 0.25) is 0 Å². The Balaban J connectivity index is 1.21. The molecule has 0 aromatic heterocycles. The lowest BCUT2D eigenvalue weighted by molar-refractivity contribution is -0.390. The second-order valence-corrected chi connectivity index (χ2v) is 30.7. The number of carbonyl (C=O) groups is 4. The molecule has 111 heavy (non-hydrogen) atoms. The van der Waals surface area contributed by atoms with Gasteiger partial charge in [0.2, 0.25) is 17.7 Å². The summed E-state index contributed by atoms with van der Waals surface area (Å²) in [7, 11) is 0. The largest absolute Gasteiger partial charge is 0.477 e. The molecule has 0 spiro atoms. The van der Waals surface area contributed by atoms with E-state index in [1.807, 2.05) is 6.08 Å². The number of ether oxygens (including phenoxy) is 10. The molecule has 5 fully saturated rings. The van der Waals surface area contributed by atoms with Crippen molar-refractivity contribution in [1.82, 2.24) is 16.0 Å². The fourth-order valence-corrected chi connectivity index (χ4v) is 15.0. The van der Waals surface area contributed by atoms with Gasteiger partial charge < -0.3 is 150 Å². The van der Waals surface area contributed by atoms with E-state index < -0.39 is 235 Å². The van der Waals surface area contributed by atoms with E-state index in [2.05, 4.69) is 29.8 Å². The van der Waals surface area contributed by atoms with Crippen molar-refractivity contribution >= 4 is 23.7 Å². The Labute approximate surface area is 653 Å². The maximum atomic E-state index is 13.5. The van der Waals surface area contributed by atoms with Crippen LogP contribution >= 0.6 is 0 Å². The second-order valence-electron chi connectivity index (χ2n) is 30.7. The zero-order chi connectivity index (χ0) is 81.6. The fraction of sp³-hybridized carbons (Fsp3) is 0.922. The average Bonchev–Trinajstić information content (AvgIpc) is 0.753. The Hall–Kier alpha value is -3.42. The van der Waals surface area contributed by atoms with Crippen molar-refractivity contribution in [1.29, 1.82) is 0 Å². The molecule has 0 radical (unpaired) electrons. The summed E-state index contributed by atoms with van der Waals surface area (Å²) in [4.78, 5) is 52.0. The Morgan fingerprint density at radius 3 is 1.32 bits per heavy atom. The first kappa shape index (κ1) is 98.2. The number of allylic oxidation sites excluding steroid dienone is 1. The molecule has 5 heterocycles. The highest BCUT2D eigenvalue weighted by Gasteiger charge is 2.61. The second kappa shape index (κ2) is 53.1. The maximum Gasteiger partial charge on any atom is 0.364 e. The highest BCUT2D eigenvalue weighted by Crippen LogP contribution is 2.40. The van der Waals surface area contributed by atoms with Gasteiger partial charge in [-0.1, -0.05) is 206 Å². The Morgan fingerprint density at radius 1 is 0.468 bits per heavy atom. The van der Waals surface area contributed by atoms with Crippen LogP contribution in [0.25, 0.3) is 0 Å². The number of hydrogen-bond donors (Lipinski definition) is 20. The highest BCUT2D eigenvalue weighted by molar-refractivity contribution is 5.77. The van der Waals surface area contributed by atoms with Crippen LogP contribution in [0.3, 0.4) is 0 Å². The van der Waals surface area contributed by atoms with E-state index in [1.54, 1.807) is 6.08 Å². The Bertz CT molecular complexity index is 2570. The third kappa shape index (κ3) is 31.4. The van der Waals surface area contributed by atoms with Crippen LogP contribution in [-0.4, -0.2) is 321 Å². The normalized spacial score (nSPS) is 33.8. The Kier molecular flexibility index (Phi) is 47.0. The van der Waals surface area contributed by atoms with Gasteiger partial charge in [-0.15, -0.1) is 0 Å². The van der Waals surface area contributed by atoms with Gasteiger partial charge in [0, 0.05) is 26.7 Å². The summed E-state index contributed by atoms with van der Waals surface area (Å²) in [6.45, 7) is 0.625. The number of aliphatic carboxylic acids is 1. The lowest BCUT2D eigenvalue weighted by Crippen LogP contribution is -2.72. The van der Waals surface area contributed by atoms with Gasteiger partial charge in [0.1, 0.15) is 116 Å². The minimum atomic E-state index is -3.20. The van der Waals surface area contributed by atoms with Crippen LogP contribution < -0.4 is 16.0 Å². The minimum absolute atomic E-state index is 0.179. The quantitative estimate of drug-likeness (QED) is 0.0291. The number of aliphatic hydroxyl groups excluding tert-OH is 16. The zero-order valence-corrected chi connectivity index (χ0v) is 65.6. The van der Waals surface area contributed by atoms with Crippen molar-refractivity contribution in [2.75, 3.05) is 39.6 Å². The van der Waals surface area contributed by atoms with Gasteiger partial charge >= 0.3 is 5.97 Å². The third-order valence-corrected chi connectivity index (χ3v) is 21.6. The van der Waals surface area contributed by atoms with Crippen molar-refractivity contribution in [3.8, 4) is 0 Å². The molecular formula is C77H139N3O31. The number of hydrogen-bond acceptors (Lipinski definition) is 30. The maximum absolute atomic E-state index is 13.5. The summed E-state index contributed by atoms with van der Waals surface area (Å²) >= 11 is 0. The molecule has 3 amide bonds.